The predicted octanol–water partition coefficient (Wildman–Crippen LogP) is 1.03. The van der Waals surface area contributed by atoms with E-state index in [0.29, 0.717) is 0 Å². The van der Waals surface area contributed by atoms with Crippen molar-refractivity contribution in [1.82, 2.24) is 10.6 Å². The number of carbonyl (C=O) groups is 3. The van der Waals surface area contributed by atoms with Crippen LogP contribution in [0.2, 0.25) is 0 Å². The molecule has 1 unspecified atom stereocenters. The number of carbonyl (C=O) groups excluding carboxylic acids is 2. The Balaban J connectivity index is 2.82. The Kier molecular flexibility index (Phi) is 5.25. The maximum Gasteiger partial charge on any atom is 0.336 e. The van der Waals surface area contributed by atoms with Crippen molar-refractivity contribution in [2.24, 2.45) is 0 Å². The van der Waals surface area contributed by atoms with Crippen LogP contribution in [-0.2, 0) is 4.79 Å². The molecule has 2 amide bonds. The number of amides is 2. The van der Waals surface area contributed by atoms with Crippen LogP contribution in [0.15, 0.2) is 24.3 Å². The third-order valence-corrected chi connectivity index (χ3v) is 2.57. The second-order valence-corrected chi connectivity index (χ2v) is 4.71. The van der Waals surface area contributed by atoms with Crippen LogP contribution in [0.3, 0.4) is 0 Å². The molecule has 0 radical (unpaired) electrons. The van der Waals surface area contributed by atoms with E-state index in [1.54, 1.807) is 13.0 Å². The first-order valence-electron chi connectivity index (χ1n) is 6.26. The molecule has 20 heavy (non-hydrogen) atoms. The van der Waals surface area contributed by atoms with Crippen LogP contribution in [0.25, 0.3) is 0 Å². The van der Waals surface area contributed by atoms with Crippen molar-refractivity contribution < 1.29 is 19.5 Å². The average Bonchev–Trinajstić information content (AvgIpc) is 2.37. The lowest BCUT2D eigenvalue weighted by Gasteiger charge is -2.16. The summed E-state index contributed by atoms with van der Waals surface area (Å²) in [4.78, 5) is 34.7. The summed E-state index contributed by atoms with van der Waals surface area (Å²) in [6.45, 7) is 5.16. The van der Waals surface area contributed by atoms with Gasteiger partial charge in [-0.05, 0) is 32.9 Å². The number of hydrogen-bond donors (Lipinski definition) is 3. The molecule has 0 aliphatic carbocycles. The Labute approximate surface area is 117 Å². The minimum atomic E-state index is -1.19. The van der Waals surface area contributed by atoms with Crippen molar-refractivity contribution in [3.05, 3.63) is 35.4 Å². The monoisotopic (exact) mass is 278 g/mol. The molecule has 1 aromatic rings. The van der Waals surface area contributed by atoms with Gasteiger partial charge in [-0.3, -0.25) is 9.59 Å². The maximum absolute atomic E-state index is 12.0. The van der Waals surface area contributed by atoms with E-state index in [1.807, 2.05) is 13.8 Å². The van der Waals surface area contributed by atoms with Gasteiger partial charge in [-0.15, -0.1) is 0 Å². The average molecular weight is 278 g/mol. The van der Waals surface area contributed by atoms with Gasteiger partial charge in [-0.2, -0.15) is 0 Å². The summed E-state index contributed by atoms with van der Waals surface area (Å²) < 4.78 is 0. The highest BCUT2D eigenvalue weighted by atomic mass is 16.4. The number of carboxylic acids is 1. The fraction of sp³-hybridized carbons (Fsp3) is 0.357. The fourth-order valence-corrected chi connectivity index (χ4v) is 1.62. The highest BCUT2D eigenvalue weighted by Gasteiger charge is 2.20. The molecule has 1 atom stereocenters. The molecule has 6 heteroatoms. The Morgan fingerprint density at radius 2 is 1.55 bits per heavy atom. The Bertz CT molecular complexity index is 526. The molecular weight excluding hydrogens is 260 g/mol. The van der Waals surface area contributed by atoms with Crippen LogP contribution < -0.4 is 10.6 Å². The maximum atomic E-state index is 12.0. The van der Waals surface area contributed by atoms with Crippen molar-refractivity contribution in [2.75, 3.05) is 0 Å². The number of hydrogen-bond acceptors (Lipinski definition) is 3. The Morgan fingerprint density at radius 1 is 1.00 bits per heavy atom. The fourth-order valence-electron chi connectivity index (χ4n) is 1.62. The molecule has 0 aromatic heterocycles. The highest BCUT2D eigenvalue weighted by molar-refractivity contribution is 6.05. The van der Waals surface area contributed by atoms with Gasteiger partial charge in [0, 0.05) is 6.04 Å². The number of aromatic carboxylic acids is 1. The van der Waals surface area contributed by atoms with Crippen molar-refractivity contribution in [1.29, 1.82) is 0 Å². The van der Waals surface area contributed by atoms with Crippen molar-refractivity contribution >= 4 is 17.8 Å². The smallest absolute Gasteiger partial charge is 0.336 e. The Hall–Kier alpha value is -2.37. The lowest BCUT2D eigenvalue weighted by Crippen LogP contribution is -2.47. The number of nitrogens with one attached hydrogen (secondary N) is 2. The van der Waals surface area contributed by atoms with Gasteiger partial charge in [0.25, 0.3) is 5.91 Å². The highest BCUT2D eigenvalue weighted by Crippen LogP contribution is 2.09. The molecule has 0 fully saturated rings. The van der Waals surface area contributed by atoms with E-state index in [1.165, 1.54) is 18.2 Å². The van der Waals surface area contributed by atoms with E-state index < -0.39 is 17.9 Å². The van der Waals surface area contributed by atoms with E-state index in [2.05, 4.69) is 10.6 Å². The summed E-state index contributed by atoms with van der Waals surface area (Å²) in [7, 11) is 0. The van der Waals surface area contributed by atoms with Gasteiger partial charge in [0.15, 0.2) is 0 Å². The SMILES string of the molecule is CC(C)NC(=O)C(C)NC(=O)c1ccccc1C(=O)O. The summed E-state index contributed by atoms with van der Waals surface area (Å²) in [5.41, 5.74) is -0.0642. The number of carboxylic acid groups (broad SMARTS) is 1. The largest absolute Gasteiger partial charge is 0.478 e. The van der Waals surface area contributed by atoms with Gasteiger partial charge in [0.2, 0.25) is 5.91 Å². The zero-order valence-electron chi connectivity index (χ0n) is 11.6. The molecule has 1 aromatic carbocycles. The minimum absolute atomic E-state index is 0.0317. The molecule has 0 aliphatic rings. The van der Waals surface area contributed by atoms with Crippen LogP contribution in [-0.4, -0.2) is 35.0 Å². The molecule has 0 saturated heterocycles. The van der Waals surface area contributed by atoms with E-state index in [9.17, 15) is 14.4 Å². The zero-order chi connectivity index (χ0) is 15.3. The van der Waals surface area contributed by atoms with E-state index in [0.717, 1.165) is 0 Å². The molecular formula is C14H18N2O4. The molecule has 0 spiro atoms. The first-order valence-corrected chi connectivity index (χ1v) is 6.26. The van der Waals surface area contributed by atoms with E-state index in [4.69, 9.17) is 5.11 Å². The molecule has 1 rings (SSSR count). The van der Waals surface area contributed by atoms with Crippen molar-refractivity contribution in [3.63, 3.8) is 0 Å². The first-order chi connectivity index (χ1) is 9.32. The van der Waals surface area contributed by atoms with Gasteiger partial charge in [-0.25, -0.2) is 4.79 Å². The lowest BCUT2D eigenvalue weighted by molar-refractivity contribution is -0.123. The summed E-state index contributed by atoms with van der Waals surface area (Å²) in [6.07, 6.45) is 0. The standard InChI is InChI=1S/C14H18N2O4/c1-8(2)15-12(17)9(3)16-13(18)10-6-4-5-7-11(10)14(19)20/h4-9H,1-3H3,(H,15,17)(H,16,18)(H,19,20). The van der Waals surface area contributed by atoms with Crippen molar-refractivity contribution in [2.45, 2.75) is 32.9 Å². The molecule has 0 saturated carbocycles. The molecule has 108 valence electrons. The lowest BCUT2D eigenvalue weighted by atomic mass is 10.1. The third kappa shape index (κ3) is 4.08. The predicted molar refractivity (Wildman–Crippen MR) is 73.6 cm³/mol. The summed E-state index contributed by atoms with van der Waals surface area (Å²) in [6, 6.07) is 5.08. The van der Waals surface area contributed by atoms with Crippen LogP contribution in [0, 0.1) is 0 Å². The minimum Gasteiger partial charge on any atom is -0.478 e. The van der Waals surface area contributed by atoms with E-state index >= 15 is 0 Å². The number of rotatable bonds is 5. The molecule has 6 nitrogen and oxygen atoms in total. The summed E-state index contributed by atoms with van der Waals surface area (Å²) in [5, 5.41) is 14.2. The second-order valence-electron chi connectivity index (χ2n) is 4.71. The van der Waals surface area contributed by atoms with Crippen LogP contribution in [0.1, 0.15) is 41.5 Å². The molecule has 0 aliphatic heterocycles. The van der Waals surface area contributed by atoms with Crippen LogP contribution >= 0.6 is 0 Å². The van der Waals surface area contributed by atoms with Crippen molar-refractivity contribution in [3.8, 4) is 0 Å². The topological polar surface area (TPSA) is 95.5 Å². The summed E-state index contributed by atoms with van der Waals surface area (Å²) >= 11 is 0. The van der Waals surface area contributed by atoms with Gasteiger partial charge < -0.3 is 15.7 Å². The van der Waals surface area contributed by atoms with Crippen LogP contribution in [0.4, 0.5) is 0 Å². The molecule has 3 N–H and O–H groups in total. The zero-order valence-corrected chi connectivity index (χ0v) is 11.6. The quantitative estimate of drug-likeness (QED) is 0.749. The Morgan fingerprint density at radius 3 is 2.05 bits per heavy atom. The molecule has 0 bridgehead atoms. The third-order valence-electron chi connectivity index (χ3n) is 2.57. The van der Waals surface area contributed by atoms with Gasteiger partial charge in [-0.1, -0.05) is 12.1 Å². The molecule has 0 heterocycles. The van der Waals surface area contributed by atoms with Gasteiger partial charge >= 0.3 is 5.97 Å². The van der Waals surface area contributed by atoms with Gasteiger partial charge in [0.05, 0.1) is 11.1 Å². The van der Waals surface area contributed by atoms with E-state index in [-0.39, 0.29) is 23.1 Å². The summed E-state index contributed by atoms with van der Waals surface area (Å²) in [5.74, 6) is -2.09. The van der Waals surface area contributed by atoms with Crippen LogP contribution in [0.5, 0.6) is 0 Å². The normalized spacial score (nSPS) is 11.8. The first kappa shape index (κ1) is 15.7. The number of benzene rings is 1. The van der Waals surface area contributed by atoms with Gasteiger partial charge in [0.1, 0.15) is 6.04 Å². The second kappa shape index (κ2) is 6.70.